The minimum absolute atomic E-state index is 0.650. The van der Waals surface area contributed by atoms with E-state index in [1.807, 2.05) is 0 Å². The van der Waals surface area contributed by atoms with Crippen LogP contribution in [-0.4, -0.2) is 6.29 Å². The van der Waals surface area contributed by atoms with Crippen LogP contribution < -0.4 is 0 Å². The predicted molar refractivity (Wildman–Crippen MR) is 62.3 cm³/mol. The van der Waals surface area contributed by atoms with Gasteiger partial charge >= 0.3 is 0 Å². The quantitative estimate of drug-likeness (QED) is 0.307. The highest BCUT2D eigenvalue weighted by Crippen LogP contribution is 2.00. The van der Waals surface area contributed by atoms with E-state index >= 15 is 0 Å². The molecule has 0 amide bonds. The summed E-state index contributed by atoms with van der Waals surface area (Å²) in [6, 6.07) is 0. The van der Waals surface area contributed by atoms with Gasteiger partial charge in [-0.05, 0) is 25.7 Å². The molecule has 0 saturated heterocycles. The van der Waals surface area contributed by atoms with E-state index in [0.29, 0.717) is 6.42 Å². The van der Waals surface area contributed by atoms with Crippen molar-refractivity contribution < 1.29 is 4.79 Å². The number of aldehydes is 1. The summed E-state index contributed by atoms with van der Waals surface area (Å²) in [5.41, 5.74) is 0. The number of carbonyl (C=O) groups excluding carboxylic acids is 1. The van der Waals surface area contributed by atoms with Crippen molar-refractivity contribution in [3.8, 4) is 0 Å². The average Bonchev–Trinajstić information content (AvgIpc) is 2.21. The molecule has 0 radical (unpaired) electrons. The summed E-state index contributed by atoms with van der Waals surface area (Å²) in [6.45, 7) is 2.22. The molecule has 0 heterocycles. The molecule has 0 unspecified atom stereocenters. The molecular weight excluding hydrogens is 172 g/mol. The summed E-state index contributed by atoms with van der Waals surface area (Å²) in [6.07, 6.45) is 17.3. The zero-order valence-electron chi connectivity index (χ0n) is 9.24. The van der Waals surface area contributed by atoms with Crippen molar-refractivity contribution in [1.29, 1.82) is 0 Å². The Balaban J connectivity index is 3.17. The third-order valence-corrected chi connectivity index (χ3v) is 2.03. The summed E-state index contributed by atoms with van der Waals surface area (Å²) < 4.78 is 0. The molecule has 0 rings (SSSR count). The Bertz CT molecular complexity index is 168. The van der Waals surface area contributed by atoms with Crippen molar-refractivity contribution in [3.05, 3.63) is 24.3 Å². The molecule has 0 aliphatic carbocycles. The van der Waals surface area contributed by atoms with Crippen LogP contribution >= 0.6 is 0 Å². The summed E-state index contributed by atoms with van der Waals surface area (Å²) in [5, 5.41) is 0. The summed E-state index contributed by atoms with van der Waals surface area (Å²) >= 11 is 0. The van der Waals surface area contributed by atoms with Gasteiger partial charge in [0.2, 0.25) is 0 Å². The van der Waals surface area contributed by atoms with Crippen molar-refractivity contribution in [1.82, 2.24) is 0 Å². The monoisotopic (exact) mass is 194 g/mol. The van der Waals surface area contributed by atoms with Crippen LogP contribution in [0.4, 0.5) is 0 Å². The molecule has 0 aromatic rings. The summed E-state index contributed by atoms with van der Waals surface area (Å²) in [4.78, 5) is 9.99. The maximum Gasteiger partial charge on any atom is 0.120 e. The number of hydrogen-bond acceptors (Lipinski definition) is 1. The minimum Gasteiger partial charge on any atom is -0.303 e. The molecule has 1 heteroatoms. The molecule has 14 heavy (non-hydrogen) atoms. The van der Waals surface area contributed by atoms with E-state index < -0.39 is 0 Å². The largest absolute Gasteiger partial charge is 0.303 e. The van der Waals surface area contributed by atoms with Crippen LogP contribution in [0.5, 0.6) is 0 Å². The number of allylic oxidation sites excluding steroid dienone is 4. The number of hydrogen-bond donors (Lipinski definition) is 0. The topological polar surface area (TPSA) is 17.1 Å². The van der Waals surface area contributed by atoms with Crippen LogP contribution in [0.3, 0.4) is 0 Å². The van der Waals surface area contributed by atoms with Crippen LogP contribution in [0, 0.1) is 0 Å². The van der Waals surface area contributed by atoms with Crippen molar-refractivity contribution >= 4 is 6.29 Å². The van der Waals surface area contributed by atoms with Crippen LogP contribution in [0.25, 0.3) is 0 Å². The van der Waals surface area contributed by atoms with Gasteiger partial charge in [-0.25, -0.2) is 0 Å². The molecule has 0 aromatic heterocycles. The highest BCUT2D eigenvalue weighted by molar-refractivity contribution is 5.49. The zero-order valence-corrected chi connectivity index (χ0v) is 9.24. The van der Waals surface area contributed by atoms with E-state index in [0.717, 1.165) is 19.1 Å². The lowest BCUT2D eigenvalue weighted by Crippen LogP contribution is -1.71. The first-order valence-electron chi connectivity index (χ1n) is 5.65. The molecule has 0 aliphatic rings. The lowest BCUT2D eigenvalue weighted by atomic mass is 10.2. The van der Waals surface area contributed by atoms with Gasteiger partial charge in [0, 0.05) is 6.42 Å². The molecule has 80 valence electrons. The molecule has 0 spiro atoms. The smallest absolute Gasteiger partial charge is 0.120 e. The maximum absolute atomic E-state index is 9.99. The van der Waals surface area contributed by atoms with Crippen LogP contribution in [0.15, 0.2) is 24.3 Å². The van der Waals surface area contributed by atoms with Gasteiger partial charge in [0.05, 0.1) is 0 Å². The molecule has 0 aromatic carbocycles. The highest BCUT2D eigenvalue weighted by Gasteiger charge is 1.81. The van der Waals surface area contributed by atoms with Gasteiger partial charge in [-0.1, -0.05) is 44.1 Å². The van der Waals surface area contributed by atoms with E-state index in [1.54, 1.807) is 0 Å². The first-order valence-corrected chi connectivity index (χ1v) is 5.65. The molecule has 0 bridgehead atoms. The van der Waals surface area contributed by atoms with Gasteiger partial charge in [-0.3, -0.25) is 0 Å². The third-order valence-electron chi connectivity index (χ3n) is 2.03. The normalized spacial score (nSPS) is 11.5. The fraction of sp³-hybridized carbons (Fsp3) is 0.615. The SMILES string of the molecule is CCCCC/C=C/C/C=C/CCC=O. The van der Waals surface area contributed by atoms with E-state index in [4.69, 9.17) is 0 Å². The van der Waals surface area contributed by atoms with E-state index in [-0.39, 0.29) is 0 Å². The van der Waals surface area contributed by atoms with Crippen LogP contribution in [-0.2, 0) is 4.79 Å². The molecule has 0 fully saturated rings. The predicted octanol–water partition coefficient (Wildman–Crippen LogP) is 4.05. The van der Waals surface area contributed by atoms with Gasteiger partial charge < -0.3 is 4.79 Å². The molecule has 1 nitrogen and oxygen atoms in total. The Kier molecular flexibility index (Phi) is 11.4. The Morgan fingerprint density at radius 1 is 0.857 bits per heavy atom. The molecule has 0 atom stereocenters. The van der Waals surface area contributed by atoms with Gasteiger partial charge in [-0.2, -0.15) is 0 Å². The first kappa shape index (κ1) is 13.2. The van der Waals surface area contributed by atoms with E-state index in [1.165, 1.54) is 25.7 Å². The Labute approximate surface area is 87.9 Å². The Morgan fingerprint density at radius 2 is 1.57 bits per heavy atom. The van der Waals surface area contributed by atoms with Crippen molar-refractivity contribution in [2.45, 2.75) is 51.9 Å². The number of rotatable bonds is 9. The summed E-state index contributed by atoms with van der Waals surface area (Å²) in [7, 11) is 0. The van der Waals surface area contributed by atoms with Crippen LogP contribution in [0.1, 0.15) is 51.9 Å². The molecule has 0 N–H and O–H groups in total. The van der Waals surface area contributed by atoms with Crippen LogP contribution in [0.2, 0.25) is 0 Å². The van der Waals surface area contributed by atoms with Crippen molar-refractivity contribution in [2.75, 3.05) is 0 Å². The van der Waals surface area contributed by atoms with Gasteiger partial charge in [0.15, 0.2) is 0 Å². The van der Waals surface area contributed by atoms with E-state index in [2.05, 4.69) is 31.2 Å². The minimum atomic E-state index is 0.650. The summed E-state index contributed by atoms with van der Waals surface area (Å²) in [5.74, 6) is 0. The number of unbranched alkanes of at least 4 members (excludes halogenated alkanes) is 4. The second-order valence-electron chi connectivity index (χ2n) is 3.42. The molecular formula is C13H22O. The molecule has 0 aliphatic heterocycles. The maximum atomic E-state index is 9.99. The zero-order chi connectivity index (χ0) is 10.5. The third kappa shape index (κ3) is 11.2. The van der Waals surface area contributed by atoms with E-state index in [9.17, 15) is 4.79 Å². The second kappa shape index (κ2) is 12.2. The fourth-order valence-corrected chi connectivity index (χ4v) is 1.18. The number of carbonyl (C=O) groups is 1. The Hall–Kier alpha value is -0.850. The van der Waals surface area contributed by atoms with Gasteiger partial charge in [0.25, 0.3) is 0 Å². The lowest BCUT2D eigenvalue weighted by molar-refractivity contribution is -0.107. The Morgan fingerprint density at radius 3 is 2.21 bits per heavy atom. The van der Waals surface area contributed by atoms with Gasteiger partial charge in [-0.15, -0.1) is 0 Å². The van der Waals surface area contributed by atoms with Gasteiger partial charge in [0.1, 0.15) is 6.29 Å². The average molecular weight is 194 g/mol. The fourth-order valence-electron chi connectivity index (χ4n) is 1.18. The van der Waals surface area contributed by atoms with Crippen molar-refractivity contribution in [2.24, 2.45) is 0 Å². The first-order chi connectivity index (χ1) is 6.91. The second-order valence-corrected chi connectivity index (χ2v) is 3.42. The molecule has 0 saturated carbocycles. The highest BCUT2D eigenvalue weighted by atomic mass is 16.1. The van der Waals surface area contributed by atoms with Crippen molar-refractivity contribution in [3.63, 3.8) is 0 Å². The standard InChI is InChI=1S/C13H22O/c1-2-3-4-5-6-7-8-9-10-11-12-13-14/h6-7,9-10,13H,2-5,8,11-12H2,1H3/b7-6+,10-9+. The lowest BCUT2D eigenvalue weighted by Gasteiger charge is -1.90.